The van der Waals surface area contributed by atoms with Crippen molar-refractivity contribution >= 4 is 39.9 Å². The Morgan fingerprint density at radius 3 is 2.94 bits per heavy atom. The normalized spacial score (nSPS) is 19.1. The van der Waals surface area contributed by atoms with Crippen LogP contribution in [-0.4, -0.2) is 71.4 Å². The van der Waals surface area contributed by atoms with Gasteiger partial charge in [-0.05, 0) is 31.6 Å². The second-order valence-corrected chi connectivity index (χ2v) is 8.94. The van der Waals surface area contributed by atoms with Crippen molar-refractivity contribution < 1.29 is 25.1 Å². The minimum Gasteiger partial charge on any atom is -0.493 e. The topological polar surface area (TPSA) is 109 Å². The molecule has 1 aliphatic rings. The number of anilines is 2. The minimum absolute atomic E-state index is 0.0166. The number of aromatic nitrogens is 2. The molecule has 1 amide bonds. The highest BCUT2D eigenvalue weighted by Crippen LogP contribution is 2.37. The standard InChI is InChI=1S/C25H29ClFN5O4/c1-4-14(12-33)30-25(34)20-8-15(11-32(20)2)36-22-9-16-19(10-21(22)35-3)28-13-29-24(16)31-18-7-5-6-17(26)23(18)27/h5-7,9-10,13-15,20,33H,4,8,11-12H2,1-3H3,(H,30,34)(H,28,29,31)/t14-,15-,20-/m0/s1/i2D. The Labute approximate surface area is 215 Å². The molecule has 0 radical (unpaired) electrons. The zero-order valence-electron chi connectivity index (χ0n) is 21.0. The summed E-state index contributed by atoms with van der Waals surface area (Å²) in [5.41, 5.74) is 0.713. The summed E-state index contributed by atoms with van der Waals surface area (Å²) < 4.78 is 34.2. The third-order valence-electron chi connectivity index (χ3n) is 6.15. The smallest absolute Gasteiger partial charge is 0.237 e. The predicted molar refractivity (Wildman–Crippen MR) is 136 cm³/mol. The van der Waals surface area contributed by atoms with Crippen LogP contribution in [0.2, 0.25) is 5.02 Å². The van der Waals surface area contributed by atoms with E-state index in [0.29, 0.717) is 47.6 Å². The summed E-state index contributed by atoms with van der Waals surface area (Å²) in [4.78, 5) is 23.1. The molecule has 0 unspecified atom stereocenters. The van der Waals surface area contributed by atoms with Crippen LogP contribution in [0.4, 0.5) is 15.9 Å². The van der Waals surface area contributed by atoms with E-state index in [0.717, 1.165) is 0 Å². The lowest BCUT2D eigenvalue weighted by Gasteiger charge is -2.21. The van der Waals surface area contributed by atoms with E-state index in [9.17, 15) is 14.3 Å². The van der Waals surface area contributed by atoms with E-state index in [1.807, 2.05) is 6.92 Å². The molecule has 1 aliphatic heterocycles. The first-order valence-electron chi connectivity index (χ1n) is 12.2. The molecule has 0 saturated carbocycles. The van der Waals surface area contributed by atoms with E-state index in [1.54, 1.807) is 29.2 Å². The molecule has 2 heterocycles. The fourth-order valence-electron chi connectivity index (χ4n) is 4.12. The van der Waals surface area contributed by atoms with E-state index < -0.39 is 18.0 Å². The number of likely N-dealkylation sites (N-methyl/N-ethyl adjacent to an activating group) is 1. The molecular weight excluding hydrogens is 489 g/mol. The highest BCUT2D eigenvalue weighted by molar-refractivity contribution is 6.31. The first kappa shape index (κ1) is 24.5. The number of aliphatic hydroxyl groups is 1. The molecule has 9 nitrogen and oxygen atoms in total. The third kappa shape index (κ3) is 5.45. The minimum atomic E-state index is -0.599. The van der Waals surface area contributed by atoms with Gasteiger partial charge in [0.15, 0.2) is 17.3 Å². The Balaban J connectivity index is 1.60. The molecule has 2 aromatic carbocycles. The van der Waals surface area contributed by atoms with Crippen LogP contribution >= 0.6 is 11.6 Å². The van der Waals surface area contributed by atoms with Crippen LogP contribution in [0.5, 0.6) is 11.5 Å². The molecule has 0 aliphatic carbocycles. The van der Waals surface area contributed by atoms with E-state index in [1.165, 1.54) is 19.5 Å². The van der Waals surface area contributed by atoms with Crippen LogP contribution in [0, 0.1) is 5.82 Å². The number of nitrogens with one attached hydrogen (secondary N) is 2. The number of nitrogens with zero attached hydrogens (tertiary/aromatic N) is 3. The summed E-state index contributed by atoms with van der Waals surface area (Å²) in [7, 11) is 1.44. The molecule has 1 fully saturated rings. The van der Waals surface area contributed by atoms with Crippen LogP contribution in [0.3, 0.4) is 0 Å². The average Bonchev–Trinajstić information content (AvgIpc) is 3.32. The summed E-state index contributed by atoms with van der Waals surface area (Å²) in [5.74, 6) is 0.344. The van der Waals surface area contributed by atoms with Crippen LogP contribution < -0.4 is 20.1 Å². The van der Waals surface area contributed by atoms with Gasteiger partial charge in [0.05, 0.1) is 42.0 Å². The number of aliphatic hydroxyl groups excluding tert-OH is 1. The molecule has 4 rings (SSSR count). The van der Waals surface area contributed by atoms with Gasteiger partial charge in [0.1, 0.15) is 18.2 Å². The van der Waals surface area contributed by atoms with E-state index in [2.05, 4.69) is 20.6 Å². The number of likely N-dealkylation sites (tertiary alicyclic amines) is 1. The van der Waals surface area contributed by atoms with Crippen molar-refractivity contribution in [3.63, 3.8) is 0 Å². The number of hydrogen-bond acceptors (Lipinski definition) is 8. The number of benzene rings is 2. The summed E-state index contributed by atoms with van der Waals surface area (Å²) in [6.07, 6.45) is 1.92. The number of hydrogen-bond donors (Lipinski definition) is 3. The summed E-state index contributed by atoms with van der Waals surface area (Å²) in [5, 5.41) is 15.8. The molecule has 0 bridgehead atoms. The highest BCUT2D eigenvalue weighted by atomic mass is 35.5. The fraction of sp³-hybridized carbons (Fsp3) is 0.400. The predicted octanol–water partition coefficient (Wildman–Crippen LogP) is 3.51. The number of halogens is 2. The largest absolute Gasteiger partial charge is 0.493 e. The Kier molecular flexibility index (Phi) is 7.64. The van der Waals surface area contributed by atoms with Gasteiger partial charge >= 0.3 is 0 Å². The summed E-state index contributed by atoms with van der Waals surface area (Å²) >= 11 is 5.92. The van der Waals surface area contributed by atoms with Crippen molar-refractivity contribution in [2.75, 3.05) is 32.6 Å². The molecular formula is C25H29ClFN5O4. The van der Waals surface area contributed by atoms with Gasteiger partial charge in [-0.25, -0.2) is 14.4 Å². The number of carbonyl (C=O) groups excluding carboxylic acids is 1. The molecule has 0 spiro atoms. The average molecular weight is 519 g/mol. The van der Waals surface area contributed by atoms with Gasteiger partial charge in [-0.1, -0.05) is 24.6 Å². The van der Waals surface area contributed by atoms with Crippen molar-refractivity contribution in [3.8, 4) is 11.5 Å². The number of ether oxygens (including phenoxy) is 2. The van der Waals surface area contributed by atoms with Gasteiger partial charge in [-0.15, -0.1) is 0 Å². The maximum atomic E-state index is 14.5. The highest BCUT2D eigenvalue weighted by Gasteiger charge is 2.36. The first-order chi connectivity index (χ1) is 17.9. The van der Waals surface area contributed by atoms with Gasteiger partial charge in [0.2, 0.25) is 5.91 Å². The number of rotatable bonds is 9. The van der Waals surface area contributed by atoms with E-state index >= 15 is 0 Å². The van der Waals surface area contributed by atoms with Crippen LogP contribution in [0.25, 0.3) is 10.9 Å². The summed E-state index contributed by atoms with van der Waals surface area (Å²) in [6, 6.07) is 7.14. The number of amides is 1. The fourth-order valence-corrected chi connectivity index (χ4v) is 4.29. The number of methoxy groups -OCH3 is 1. The quantitative estimate of drug-likeness (QED) is 0.395. The zero-order valence-corrected chi connectivity index (χ0v) is 20.8. The molecule has 3 N–H and O–H groups in total. The second-order valence-electron chi connectivity index (χ2n) is 8.53. The summed E-state index contributed by atoms with van der Waals surface area (Å²) in [6.45, 7) is 2.09. The SMILES string of the molecule is [2H]CN1C[C@@H](Oc2cc3c(Nc4cccc(Cl)c4F)ncnc3cc2OC)C[C@H]1C(=O)N[C@@H](CC)CO. The van der Waals surface area contributed by atoms with Gasteiger partial charge in [0, 0.05) is 25.8 Å². The Bertz CT molecular complexity index is 1270. The molecule has 3 atom stereocenters. The third-order valence-corrected chi connectivity index (χ3v) is 6.44. The maximum Gasteiger partial charge on any atom is 0.237 e. The van der Waals surface area contributed by atoms with Crippen molar-refractivity contribution in [3.05, 3.63) is 47.5 Å². The van der Waals surface area contributed by atoms with Crippen molar-refractivity contribution in [1.29, 1.82) is 0 Å². The molecule has 1 aromatic heterocycles. The Morgan fingerprint density at radius 1 is 1.39 bits per heavy atom. The molecule has 192 valence electrons. The lowest BCUT2D eigenvalue weighted by Crippen LogP contribution is -2.46. The van der Waals surface area contributed by atoms with Gasteiger partial charge in [0.25, 0.3) is 0 Å². The molecule has 36 heavy (non-hydrogen) atoms. The van der Waals surface area contributed by atoms with Gasteiger partial charge in [-0.3, -0.25) is 9.69 Å². The van der Waals surface area contributed by atoms with E-state index in [4.69, 9.17) is 22.4 Å². The Hall–Kier alpha value is -3.21. The molecule has 1 saturated heterocycles. The van der Waals surface area contributed by atoms with E-state index in [-0.39, 0.29) is 36.3 Å². The lowest BCUT2D eigenvalue weighted by atomic mass is 10.1. The van der Waals surface area contributed by atoms with Crippen LogP contribution in [0.1, 0.15) is 21.1 Å². The van der Waals surface area contributed by atoms with Gasteiger partial charge < -0.3 is 25.2 Å². The van der Waals surface area contributed by atoms with Crippen molar-refractivity contribution in [2.24, 2.45) is 0 Å². The zero-order chi connectivity index (χ0) is 26.5. The van der Waals surface area contributed by atoms with Crippen molar-refractivity contribution in [2.45, 2.75) is 38.0 Å². The second kappa shape index (κ2) is 11.2. The molecule has 11 heteroatoms. The first-order valence-corrected chi connectivity index (χ1v) is 11.9. The maximum absolute atomic E-state index is 14.5. The Morgan fingerprint density at radius 2 is 2.22 bits per heavy atom. The van der Waals surface area contributed by atoms with Crippen LogP contribution in [-0.2, 0) is 4.79 Å². The van der Waals surface area contributed by atoms with Crippen molar-refractivity contribution in [1.82, 2.24) is 20.2 Å². The number of fused-ring (bicyclic) bond motifs is 1. The van der Waals surface area contributed by atoms with Gasteiger partial charge in [-0.2, -0.15) is 0 Å². The lowest BCUT2D eigenvalue weighted by molar-refractivity contribution is -0.126. The molecule has 3 aromatic rings. The van der Waals surface area contributed by atoms with Crippen LogP contribution in [0.15, 0.2) is 36.7 Å². The number of carbonyl (C=O) groups is 1. The monoisotopic (exact) mass is 518 g/mol.